The van der Waals surface area contributed by atoms with E-state index in [2.05, 4.69) is 18.2 Å². The molecule has 0 aliphatic rings. The molecule has 2 aromatic rings. The molecule has 0 heterocycles. The van der Waals surface area contributed by atoms with Crippen LogP contribution in [0.25, 0.3) is 0 Å². The highest BCUT2D eigenvalue weighted by Crippen LogP contribution is 2.16. The average Bonchev–Trinajstić information content (AvgIpc) is 2.52. The van der Waals surface area contributed by atoms with Crippen molar-refractivity contribution in [3.8, 4) is 11.8 Å². The van der Waals surface area contributed by atoms with Crippen molar-refractivity contribution in [3.05, 3.63) is 65.7 Å². The van der Waals surface area contributed by atoms with Gasteiger partial charge in [0.05, 0.1) is 18.8 Å². The van der Waals surface area contributed by atoms with Crippen LogP contribution in [0.4, 0.5) is 0 Å². The Hall–Kier alpha value is -2.31. The predicted molar refractivity (Wildman–Crippen MR) is 77.6 cm³/mol. The normalized spacial score (nSPS) is 9.95. The molecule has 0 spiro atoms. The van der Waals surface area contributed by atoms with Gasteiger partial charge in [0.1, 0.15) is 18.4 Å². The van der Waals surface area contributed by atoms with Gasteiger partial charge < -0.3 is 9.47 Å². The molecule has 3 heteroatoms. The van der Waals surface area contributed by atoms with Gasteiger partial charge in [-0.15, -0.1) is 0 Å². The average molecular weight is 267 g/mol. The Morgan fingerprint density at radius 1 is 0.850 bits per heavy atom. The first-order chi connectivity index (χ1) is 9.90. The zero-order valence-electron chi connectivity index (χ0n) is 11.3. The molecular formula is C17H17NO2. The number of hydrogen-bond acceptors (Lipinski definition) is 3. The van der Waals surface area contributed by atoms with Gasteiger partial charge in [-0.1, -0.05) is 42.5 Å². The van der Waals surface area contributed by atoms with Gasteiger partial charge >= 0.3 is 0 Å². The van der Waals surface area contributed by atoms with Gasteiger partial charge in [-0.2, -0.15) is 5.26 Å². The number of para-hydroxylation sites is 1. The molecule has 3 nitrogen and oxygen atoms in total. The molecule has 0 unspecified atom stereocenters. The summed E-state index contributed by atoms with van der Waals surface area (Å²) < 4.78 is 11.1. The van der Waals surface area contributed by atoms with Gasteiger partial charge in [-0.25, -0.2) is 0 Å². The largest absolute Gasteiger partial charge is 0.490 e. The maximum absolute atomic E-state index is 8.92. The highest BCUT2D eigenvalue weighted by Gasteiger charge is 2.00. The molecular weight excluding hydrogens is 250 g/mol. The second kappa shape index (κ2) is 7.98. The number of nitriles is 1. The van der Waals surface area contributed by atoms with E-state index in [1.807, 2.05) is 30.3 Å². The van der Waals surface area contributed by atoms with E-state index in [0.29, 0.717) is 31.1 Å². The summed E-state index contributed by atoms with van der Waals surface area (Å²) in [7, 11) is 0. The summed E-state index contributed by atoms with van der Waals surface area (Å²) in [6.45, 7) is 1.65. The molecule has 0 aliphatic carbocycles. The van der Waals surface area contributed by atoms with Gasteiger partial charge in [-0.3, -0.25) is 0 Å². The molecule has 2 aromatic carbocycles. The third-order valence-electron chi connectivity index (χ3n) is 2.87. The summed E-state index contributed by atoms with van der Waals surface area (Å²) >= 11 is 0. The van der Waals surface area contributed by atoms with E-state index >= 15 is 0 Å². The highest BCUT2D eigenvalue weighted by atomic mass is 16.5. The Balaban J connectivity index is 1.64. The van der Waals surface area contributed by atoms with E-state index in [-0.39, 0.29) is 0 Å². The Labute approximate surface area is 119 Å². The molecule has 0 N–H and O–H groups in total. The van der Waals surface area contributed by atoms with Crippen LogP contribution in [-0.2, 0) is 11.2 Å². The minimum Gasteiger partial charge on any atom is -0.490 e. The van der Waals surface area contributed by atoms with Crippen molar-refractivity contribution in [2.24, 2.45) is 0 Å². The fraction of sp³-hybridized carbons (Fsp3) is 0.235. The summed E-state index contributed by atoms with van der Waals surface area (Å²) in [6.07, 6.45) is 0.898. The Bertz CT molecular complexity index is 561. The van der Waals surface area contributed by atoms with Crippen LogP contribution in [-0.4, -0.2) is 19.8 Å². The Kier molecular flexibility index (Phi) is 5.63. The summed E-state index contributed by atoms with van der Waals surface area (Å²) in [5, 5.41) is 8.92. The van der Waals surface area contributed by atoms with E-state index < -0.39 is 0 Å². The molecule has 20 heavy (non-hydrogen) atoms. The standard InChI is InChI=1S/C17H17NO2/c18-14-16-8-4-5-9-17(16)20-13-12-19-11-10-15-6-2-1-3-7-15/h1-9H,10-13H2. The van der Waals surface area contributed by atoms with Crippen molar-refractivity contribution < 1.29 is 9.47 Å². The molecule has 2 rings (SSSR count). The van der Waals surface area contributed by atoms with E-state index in [1.165, 1.54) is 5.56 Å². The lowest BCUT2D eigenvalue weighted by atomic mass is 10.2. The molecule has 0 saturated carbocycles. The van der Waals surface area contributed by atoms with Crippen molar-refractivity contribution in [3.63, 3.8) is 0 Å². The highest BCUT2D eigenvalue weighted by molar-refractivity contribution is 5.42. The quantitative estimate of drug-likeness (QED) is 0.723. The van der Waals surface area contributed by atoms with Crippen molar-refractivity contribution in [1.29, 1.82) is 5.26 Å². The molecule has 0 saturated heterocycles. The van der Waals surface area contributed by atoms with Gasteiger partial charge in [0, 0.05) is 0 Å². The fourth-order valence-electron chi connectivity index (χ4n) is 1.83. The van der Waals surface area contributed by atoms with E-state index in [9.17, 15) is 0 Å². The first-order valence-corrected chi connectivity index (χ1v) is 6.64. The van der Waals surface area contributed by atoms with Crippen LogP contribution in [0.2, 0.25) is 0 Å². The van der Waals surface area contributed by atoms with Crippen LogP contribution in [0.1, 0.15) is 11.1 Å². The second-order valence-electron chi connectivity index (χ2n) is 4.30. The lowest BCUT2D eigenvalue weighted by Crippen LogP contribution is -2.09. The monoisotopic (exact) mass is 267 g/mol. The van der Waals surface area contributed by atoms with Crippen molar-refractivity contribution >= 4 is 0 Å². The van der Waals surface area contributed by atoms with Crippen LogP contribution in [0.15, 0.2) is 54.6 Å². The topological polar surface area (TPSA) is 42.2 Å². The smallest absolute Gasteiger partial charge is 0.137 e. The summed E-state index contributed by atoms with van der Waals surface area (Å²) in [5.74, 6) is 0.613. The summed E-state index contributed by atoms with van der Waals surface area (Å²) in [5.41, 5.74) is 1.82. The Morgan fingerprint density at radius 3 is 2.40 bits per heavy atom. The first kappa shape index (κ1) is 14.1. The van der Waals surface area contributed by atoms with Crippen molar-refractivity contribution in [2.45, 2.75) is 6.42 Å². The molecule has 0 atom stereocenters. The molecule has 0 aliphatic heterocycles. The van der Waals surface area contributed by atoms with Crippen molar-refractivity contribution in [1.82, 2.24) is 0 Å². The lowest BCUT2D eigenvalue weighted by Gasteiger charge is -2.08. The second-order valence-corrected chi connectivity index (χ2v) is 4.30. The van der Waals surface area contributed by atoms with E-state index in [0.717, 1.165) is 6.42 Å². The van der Waals surface area contributed by atoms with Crippen LogP contribution in [0.3, 0.4) is 0 Å². The van der Waals surface area contributed by atoms with Crippen molar-refractivity contribution in [2.75, 3.05) is 19.8 Å². The zero-order chi connectivity index (χ0) is 14.0. The molecule has 0 fully saturated rings. The summed E-state index contributed by atoms with van der Waals surface area (Å²) in [6, 6.07) is 19.5. The van der Waals surface area contributed by atoms with Crippen LogP contribution < -0.4 is 4.74 Å². The van der Waals surface area contributed by atoms with Gasteiger partial charge in [0.25, 0.3) is 0 Å². The Morgan fingerprint density at radius 2 is 1.60 bits per heavy atom. The van der Waals surface area contributed by atoms with Crippen LogP contribution in [0, 0.1) is 11.3 Å². The number of ether oxygens (including phenoxy) is 2. The minimum absolute atomic E-state index is 0.452. The summed E-state index contributed by atoms with van der Waals surface area (Å²) in [4.78, 5) is 0. The molecule has 0 amide bonds. The van der Waals surface area contributed by atoms with E-state index in [4.69, 9.17) is 14.7 Å². The molecule has 0 radical (unpaired) electrons. The number of nitrogens with zero attached hydrogens (tertiary/aromatic N) is 1. The fourth-order valence-corrected chi connectivity index (χ4v) is 1.83. The van der Waals surface area contributed by atoms with Crippen LogP contribution >= 0.6 is 0 Å². The SMILES string of the molecule is N#Cc1ccccc1OCCOCCc1ccccc1. The third kappa shape index (κ3) is 4.42. The van der Waals surface area contributed by atoms with Gasteiger partial charge in [0.2, 0.25) is 0 Å². The number of hydrogen-bond donors (Lipinski definition) is 0. The minimum atomic E-state index is 0.452. The number of benzene rings is 2. The molecule has 102 valence electrons. The lowest BCUT2D eigenvalue weighted by molar-refractivity contribution is 0.102. The molecule has 0 aromatic heterocycles. The zero-order valence-corrected chi connectivity index (χ0v) is 11.3. The number of rotatable bonds is 7. The third-order valence-corrected chi connectivity index (χ3v) is 2.87. The maximum Gasteiger partial charge on any atom is 0.137 e. The van der Waals surface area contributed by atoms with E-state index in [1.54, 1.807) is 12.1 Å². The van der Waals surface area contributed by atoms with Gasteiger partial charge in [-0.05, 0) is 24.1 Å². The van der Waals surface area contributed by atoms with Gasteiger partial charge in [0.15, 0.2) is 0 Å². The maximum atomic E-state index is 8.92. The first-order valence-electron chi connectivity index (χ1n) is 6.64. The molecule has 0 bridgehead atoms. The predicted octanol–water partition coefficient (Wildman–Crippen LogP) is 3.20. The van der Waals surface area contributed by atoms with Crippen LogP contribution in [0.5, 0.6) is 5.75 Å².